The zero-order valence-electron chi connectivity index (χ0n) is 20.9. The van der Waals surface area contributed by atoms with E-state index < -0.39 is 0 Å². The number of aryl methyl sites for hydroxylation is 1. The van der Waals surface area contributed by atoms with Crippen molar-refractivity contribution in [1.82, 2.24) is 19.5 Å². The number of carbonyl (C=O) groups excluding carboxylic acids is 1. The first kappa shape index (κ1) is 24.2. The lowest BCUT2D eigenvalue weighted by molar-refractivity contribution is 0.0979. The summed E-state index contributed by atoms with van der Waals surface area (Å²) in [7, 11) is 3.24. The van der Waals surface area contributed by atoms with Crippen molar-refractivity contribution < 1.29 is 14.3 Å². The van der Waals surface area contributed by atoms with Crippen LogP contribution in [0.15, 0.2) is 85.5 Å². The number of hydrogen-bond acceptors (Lipinski definition) is 6. The molecule has 3 aromatic carbocycles. The van der Waals surface area contributed by atoms with Crippen LogP contribution >= 0.6 is 0 Å². The average molecular weight is 493 g/mol. The van der Waals surface area contributed by atoms with Gasteiger partial charge in [-0.15, -0.1) is 0 Å². The standard InChI is InChI=1S/C30H28N4O3/c1-36-24-16-23(17-25(19-24)37-2)30-29(21-8-4-3-5-9-21)32-26-12-11-22(18-27(26)33-30)28(35)10-6-7-14-34-15-13-31-20-34/h3-5,8-9,11-13,15-20H,6-7,10,14H2,1-2H3. The Labute approximate surface area is 215 Å². The first-order valence-corrected chi connectivity index (χ1v) is 12.2. The fourth-order valence-electron chi connectivity index (χ4n) is 4.31. The fraction of sp³-hybridized carbons (Fsp3) is 0.200. The molecule has 7 heteroatoms. The van der Waals surface area contributed by atoms with Gasteiger partial charge in [-0.05, 0) is 43.2 Å². The third kappa shape index (κ3) is 5.51. The number of fused-ring (bicyclic) bond motifs is 1. The first-order valence-electron chi connectivity index (χ1n) is 12.2. The molecule has 5 aromatic rings. The predicted octanol–water partition coefficient (Wildman–Crippen LogP) is 6.23. The minimum absolute atomic E-state index is 0.103. The molecular weight excluding hydrogens is 464 g/mol. The number of ether oxygens (including phenoxy) is 2. The maximum absolute atomic E-state index is 13.0. The number of methoxy groups -OCH3 is 2. The second kappa shape index (κ2) is 11.0. The van der Waals surface area contributed by atoms with E-state index in [-0.39, 0.29) is 5.78 Å². The molecule has 0 bridgehead atoms. The van der Waals surface area contributed by atoms with Gasteiger partial charge >= 0.3 is 0 Å². The second-order valence-electron chi connectivity index (χ2n) is 8.77. The van der Waals surface area contributed by atoms with Gasteiger partial charge in [0.1, 0.15) is 11.5 Å². The van der Waals surface area contributed by atoms with Gasteiger partial charge in [-0.3, -0.25) is 4.79 Å². The van der Waals surface area contributed by atoms with E-state index in [9.17, 15) is 4.79 Å². The van der Waals surface area contributed by atoms with Crippen LogP contribution in [0.2, 0.25) is 0 Å². The van der Waals surface area contributed by atoms with Gasteiger partial charge in [0.2, 0.25) is 0 Å². The van der Waals surface area contributed by atoms with Gasteiger partial charge in [-0.25, -0.2) is 15.0 Å². The van der Waals surface area contributed by atoms with Crippen LogP contribution in [-0.4, -0.2) is 39.5 Å². The molecule has 0 fully saturated rings. The third-order valence-corrected chi connectivity index (χ3v) is 6.29. The van der Waals surface area contributed by atoms with E-state index in [1.165, 1.54) is 0 Å². The molecular formula is C30H28N4O3. The minimum Gasteiger partial charge on any atom is -0.497 e. The molecule has 7 nitrogen and oxygen atoms in total. The van der Waals surface area contributed by atoms with Crippen LogP contribution in [-0.2, 0) is 6.54 Å². The molecule has 0 aliphatic heterocycles. The summed E-state index contributed by atoms with van der Waals surface area (Å²) in [5.74, 6) is 1.43. The molecule has 0 atom stereocenters. The zero-order valence-corrected chi connectivity index (χ0v) is 20.9. The number of hydrogen-bond donors (Lipinski definition) is 0. The van der Waals surface area contributed by atoms with Crippen LogP contribution in [0.5, 0.6) is 11.5 Å². The SMILES string of the molecule is COc1cc(OC)cc(-c2nc3cc(C(=O)CCCCn4ccnc4)ccc3nc2-c2ccccc2)c1. The molecule has 0 amide bonds. The summed E-state index contributed by atoms with van der Waals surface area (Å²) in [6.07, 6.45) is 7.70. The Morgan fingerprint density at radius 1 is 0.811 bits per heavy atom. The minimum atomic E-state index is 0.103. The van der Waals surface area contributed by atoms with Gasteiger partial charge in [0.05, 0.1) is 43.0 Å². The van der Waals surface area contributed by atoms with Gasteiger partial charge < -0.3 is 14.0 Å². The van der Waals surface area contributed by atoms with E-state index in [2.05, 4.69) is 4.98 Å². The molecule has 5 rings (SSSR count). The van der Waals surface area contributed by atoms with Crippen LogP contribution in [0.4, 0.5) is 0 Å². The van der Waals surface area contributed by atoms with Crippen molar-refractivity contribution in [2.24, 2.45) is 0 Å². The molecule has 0 aliphatic carbocycles. The van der Waals surface area contributed by atoms with E-state index in [1.807, 2.05) is 77.5 Å². The number of carbonyl (C=O) groups is 1. The van der Waals surface area contributed by atoms with Crippen LogP contribution < -0.4 is 9.47 Å². The van der Waals surface area contributed by atoms with Gasteiger partial charge in [-0.1, -0.05) is 30.3 Å². The van der Waals surface area contributed by atoms with E-state index in [0.717, 1.165) is 41.7 Å². The van der Waals surface area contributed by atoms with Crippen molar-refractivity contribution in [3.63, 3.8) is 0 Å². The van der Waals surface area contributed by atoms with Crippen molar-refractivity contribution >= 4 is 16.8 Å². The van der Waals surface area contributed by atoms with Gasteiger partial charge in [0.15, 0.2) is 5.78 Å². The number of aromatic nitrogens is 4. The third-order valence-electron chi connectivity index (χ3n) is 6.29. The highest BCUT2D eigenvalue weighted by molar-refractivity contribution is 5.99. The van der Waals surface area contributed by atoms with Gasteiger partial charge in [0, 0.05) is 48.1 Å². The quantitative estimate of drug-likeness (QED) is 0.170. The highest BCUT2D eigenvalue weighted by atomic mass is 16.5. The highest BCUT2D eigenvalue weighted by Crippen LogP contribution is 2.35. The lowest BCUT2D eigenvalue weighted by atomic mass is 10.0. The Hall–Kier alpha value is -4.52. The molecule has 2 heterocycles. The Bertz CT molecular complexity index is 1490. The molecule has 0 saturated heterocycles. The van der Waals surface area contributed by atoms with Crippen LogP contribution in [0.1, 0.15) is 29.6 Å². The summed E-state index contributed by atoms with van der Waals surface area (Å²) in [5.41, 5.74) is 5.26. The summed E-state index contributed by atoms with van der Waals surface area (Å²) >= 11 is 0. The first-order chi connectivity index (χ1) is 18.1. The molecule has 0 unspecified atom stereocenters. The Morgan fingerprint density at radius 2 is 1.54 bits per heavy atom. The Balaban J connectivity index is 1.49. The molecule has 0 spiro atoms. The average Bonchev–Trinajstić information content (AvgIpc) is 3.48. The van der Waals surface area contributed by atoms with Crippen molar-refractivity contribution in [1.29, 1.82) is 0 Å². The highest BCUT2D eigenvalue weighted by Gasteiger charge is 2.16. The summed E-state index contributed by atoms with van der Waals surface area (Å²) in [5, 5.41) is 0. The summed E-state index contributed by atoms with van der Waals surface area (Å²) < 4.78 is 13.0. The lowest BCUT2D eigenvalue weighted by Gasteiger charge is -2.13. The summed E-state index contributed by atoms with van der Waals surface area (Å²) in [4.78, 5) is 27.0. The summed E-state index contributed by atoms with van der Waals surface area (Å²) in [6.45, 7) is 0.853. The molecule has 37 heavy (non-hydrogen) atoms. The molecule has 0 aliphatic rings. The van der Waals surface area contributed by atoms with Crippen LogP contribution in [0, 0.1) is 0 Å². The normalized spacial score (nSPS) is 11.0. The number of ketones is 1. The molecule has 0 radical (unpaired) electrons. The topological polar surface area (TPSA) is 79.1 Å². The number of rotatable bonds is 10. The van der Waals surface area contributed by atoms with E-state index >= 15 is 0 Å². The van der Waals surface area contributed by atoms with Crippen LogP contribution in [0.25, 0.3) is 33.5 Å². The molecule has 2 aromatic heterocycles. The number of nitrogens with zero attached hydrogens (tertiary/aromatic N) is 4. The Kier molecular flexibility index (Phi) is 7.21. The van der Waals surface area contributed by atoms with E-state index in [1.54, 1.807) is 26.7 Å². The molecule has 186 valence electrons. The van der Waals surface area contributed by atoms with Crippen molar-refractivity contribution in [3.05, 3.63) is 91.0 Å². The smallest absolute Gasteiger partial charge is 0.162 e. The fourth-order valence-corrected chi connectivity index (χ4v) is 4.31. The molecule has 0 N–H and O–H groups in total. The number of benzene rings is 3. The van der Waals surface area contributed by atoms with Crippen molar-refractivity contribution in [2.75, 3.05) is 14.2 Å². The maximum atomic E-state index is 13.0. The Morgan fingerprint density at radius 3 is 2.24 bits per heavy atom. The van der Waals surface area contributed by atoms with Crippen molar-refractivity contribution in [3.8, 4) is 34.0 Å². The van der Waals surface area contributed by atoms with Crippen molar-refractivity contribution in [2.45, 2.75) is 25.8 Å². The second-order valence-corrected chi connectivity index (χ2v) is 8.77. The van der Waals surface area contributed by atoms with E-state index in [4.69, 9.17) is 19.4 Å². The largest absolute Gasteiger partial charge is 0.497 e. The predicted molar refractivity (Wildman–Crippen MR) is 144 cm³/mol. The lowest BCUT2D eigenvalue weighted by Crippen LogP contribution is -2.02. The van der Waals surface area contributed by atoms with Gasteiger partial charge in [0.25, 0.3) is 0 Å². The monoisotopic (exact) mass is 492 g/mol. The number of Topliss-reactive ketones (excluding diaryl/α,β-unsaturated/α-hetero) is 1. The van der Waals surface area contributed by atoms with Crippen LogP contribution in [0.3, 0.4) is 0 Å². The maximum Gasteiger partial charge on any atom is 0.162 e. The molecule has 0 saturated carbocycles. The number of unbranched alkanes of at least 4 members (excludes halogenated alkanes) is 1. The number of imidazole rings is 1. The van der Waals surface area contributed by atoms with E-state index in [0.29, 0.717) is 34.7 Å². The zero-order chi connectivity index (χ0) is 25.6. The summed E-state index contributed by atoms with van der Waals surface area (Å²) in [6, 6.07) is 21.2. The van der Waals surface area contributed by atoms with Gasteiger partial charge in [-0.2, -0.15) is 0 Å².